The smallest absolute Gasteiger partial charge is 0.344 e. The Labute approximate surface area is 153 Å². The number of nitrogens with one attached hydrogen (secondary N) is 1. The predicted molar refractivity (Wildman–Crippen MR) is 90.5 cm³/mol. The van der Waals surface area contributed by atoms with Crippen molar-refractivity contribution < 1.29 is 19.1 Å². The first-order valence-corrected chi connectivity index (χ1v) is 8.47. The average molecular weight is 416 g/mol. The molecule has 0 aromatic heterocycles. The van der Waals surface area contributed by atoms with Crippen LogP contribution in [0.4, 0.5) is 0 Å². The summed E-state index contributed by atoms with van der Waals surface area (Å²) < 4.78 is 10.9. The molecule has 24 heavy (non-hydrogen) atoms. The number of ether oxygens (including phenoxy) is 2. The van der Waals surface area contributed by atoms with Crippen molar-refractivity contribution in [2.45, 2.75) is 25.3 Å². The van der Waals surface area contributed by atoms with Crippen LogP contribution in [0.25, 0.3) is 0 Å². The summed E-state index contributed by atoms with van der Waals surface area (Å²) in [6.07, 6.45) is 1.82. The predicted octanol–water partition coefficient (Wildman–Crippen LogP) is 2.83. The molecule has 0 bridgehead atoms. The first-order chi connectivity index (χ1) is 11.3. The van der Waals surface area contributed by atoms with Crippen molar-refractivity contribution in [2.24, 2.45) is 5.92 Å². The minimum absolute atomic E-state index is 0.157. The average Bonchev–Trinajstić information content (AvgIpc) is 3.37. The number of hydrogen-bond acceptors (Lipinski definition) is 5. The highest BCUT2D eigenvalue weighted by atomic mass is 79.9. The number of benzene rings is 1. The highest BCUT2D eigenvalue weighted by Crippen LogP contribution is 2.39. The van der Waals surface area contributed by atoms with Gasteiger partial charge in [-0.1, -0.05) is 27.5 Å². The standard InChI is InChI=1S/C16H16BrClN2O4/c1-16(9-19,10-2-3-10)20-14(21)7-24-15(22)8-23-13-5-4-11(17)6-12(13)18/h4-6,10H,2-3,7-8H2,1H3,(H,20,21)/t16-/m1/s1. The van der Waals surface area contributed by atoms with Crippen LogP contribution in [0, 0.1) is 17.2 Å². The Morgan fingerprint density at radius 1 is 1.46 bits per heavy atom. The van der Waals surface area contributed by atoms with Crippen LogP contribution in [0.2, 0.25) is 5.02 Å². The molecule has 8 heteroatoms. The number of nitriles is 1. The molecule has 1 atom stereocenters. The molecular weight excluding hydrogens is 400 g/mol. The van der Waals surface area contributed by atoms with E-state index in [1.165, 1.54) is 0 Å². The minimum atomic E-state index is -0.912. The molecule has 0 unspecified atom stereocenters. The molecule has 1 amide bonds. The summed E-state index contributed by atoms with van der Waals surface area (Å²) >= 11 is 9.23. The lowest BCUT2D eigenvalue weighted by atomic mass is 9.98. The van der Waals surface area contributed by atoms with Crippen molar-refractivity contribution in [2.75, 3.05) is 13.2 Å². The number of rotatable bonds is 7. The first kappa shape index (κ1) is 18.6. The lowest BCUT2D eigenvalue weighted by molar-refractivity contribution is -0.150. The largest absolute Gasteiger partial charge is 0.480 e. The van der Waals surface area contributed by atoms with E-state index in [1.807, 2.05) is 0 Å². The molecule has 0 heterocycles. The van der Waals surface area contributed by atoms with Gasteiger partial charge in [-0.3, -0.25) is 4.79 Å². The Bertz CT molecular complexity index is 687. The van der Waals surface area contributed by atoms with Gasteiger partial charge in [0, 0.05) is 4.47 Å². The quantitative estimate of drug-likeness (QED) is 0.692. The molecule has 1 fully saturated rings. The summed E-state index contributed by atoms with van der Waals surface area (Å²) in [6, 6.07) is 7.07. The summed E-state index contributed by atoms with van der Waals surface area (Å²) in [5.74, 6) is -0.715. The molecule has 1 aliphatic rings. The normalized spacial score (nSPS) is 15.8. The van der Waals surface area contributed by atoms with Gasteiger partial charge in [0.05, 0.1) is 11.1 Å². The van der Waals surface area contributed by atoms with Gasteiger partial charge in [-0.25, -0.2) is 4.79 Å². The molecule has 1 aromatic rings. The molecule has 0 aliphatic heterocycles. The number of esters is 1. The lowest BCUT2D eigenvalue weighted by Gasteiger charge is -2.22. The van der Waals surface area contributed by atoms with Crippen molar-refractivity contribution in [1.82, 2.24) is 5.32 Å². The van der Waals surface area contributed by atoms with E-state index in [1.54, 1.807) is 25.1 Å². The zero-order chi connectivity index (χ0) is 17.7. The zero-order valence-corrected chi connectivity index (χ0v) is 15.3. The molecule has 128 valence electrons. The maximum atomic E-state index is 11.8. The van der Waals surface area contributed by atoms with E-state index in [0.29, 0.717) is 10.8 Å². The first-order valence-electron chi connectivity index (χ1n) is 7.30. The minimum Gasteiger partial charge on any atom is -0.480 e. The SMILES string of the molecule is C[C@](C#N)(NC(=O)COC(=O)COc1ccc(Br)cc1Cl)C1CC1. The van der Waals surface area contributed by atoms with Gasteiger partial charge >= 0.3 is 5.97 Å². The van der Waals surface area contributed by atoms with Gasteiger partial charge in [0.1, 0.15) is 11.3 Å². The van der Waals surface area contributed by atoms with Gasteiger partial charge in [-0.2, -0.15) is 5.26 Å². The Morgan fingerprint density at radius 3 is 2.75 bits per heavy atom. The molecule has 1 saturated carbocycles. The second-order valence-corrected chi connectivity index (χ2v) is 6.98. The van der Waals surface area contributed by atoms with Gasteiger partial charge < -0.3 is 14.8 Å². The number of halogens is 2. The maximum absolute atomic E-state index is 11.8. The molecule has 6 nitrogen and oxygen atoms in total. The number of amides is 1. The fourth-order valence-corrected chi connectivity index (χ4v) is 2.85. The highest BCUT2D eigenvalue weighted by Gasteiger charge is 2.43. The van der Waals surface area contributed by atoms with Crippen LogP contribution in [0.5, 0.6) is 5.75 Å². The summed E-state index contributed by atoms with van der Waals surface area (Å²) in [4.78, 5) is 23.4. The fourth-order valence-electron chi connectivity index (χ4n) is 2.12. The van der Waals surface area contributed by atoms with Crippen LogP contribution in [-0.4, -0.2) is 30.6 Å². The lowest BCUT2D eigenvalue weighted by Crippen LogP contribution is -2.48. The van der Waals surface area contributed by atoms with Gasteiger partial charge in [0.15, 0.2) is 13.2 Å². The Balaban J connectivity index is 1.74. The zero-order valence-electron chi connectivity index (χ0n) is 13.0. The van der Waals surface area contributed by atoms with E-state index < -0.39 is 24.0 Å². The van der Waals surface area contributed by atoms with Gasteiger partial charge in [0.25, 0.3) is 5.91 Å². The van der Waals surface area contributed by atoms with Crippen molar-refractivity contribution in [3.05, 3.63) is 27.7 Å². The van der Waals surface area contributed by atoms with Crippen molar-refractivity contribution in [3.63, 3.8) is 0 Å². The van der Waals surface area contributed by atoms with Crippen molar-refractivity contribution in [3.8, 4) is 11.8 Å². The summed E-state index contributed by atoms with van der Waals surface area (Å²) in [5.41, 5.74) is -0.912. The Hall–Kier alpha value is -1.78. The molecular formula is C16H16BrClN2O4. The number of carbonyl (C=O) groups is 2. The third-order valence-electron chi connectivity index (χ3n) is 3.63. The van der Waals surface area contributed by atoms with Crippen LogP contribution in [0.1, 0.15) is 19.8 Å². The molecule has 1 aromatic carbocycles. The molecule has 1 N–H and O–H groups in total. The van der Waals surface area contributed by atoms with Crippen molar-refractivity contribution >= 4 is 39.4 Å². The molecule has 0 radical (unpaired) electrons. The second kappa shape index (κ2) is 7.86. The van der Waals surface area contributed by atoms with Crippen LogP contribution in [0.3, 0.4) is 0 Å². The topological polar surface area (TPSA) is 88.4 Å². The summed E-state index contributed by atoms with van der Waals surface area (Å²) in [7, 11) is 0. The van der Waals surface area contributed by atoms with Gasteiger partial charge in [-0.05, 0) is 43.9 Å². The van der Waals surface area contributed by atoms with E-state index in [2.05, 4.69) is 27.3 Å². The van der Waals surface area contributed by atoms with Crippen LogP contribution in [0.15, 0.2) is 22.7 Å². The Kier molecular flexibility index (Phi) is 6.08. The number of carbonyl (C=O) groups excluding carboxylic acids is 2. The van der Waals surface area contributed by atoms with Gasteiger partial charge in [0.2, 0.25) is 0 Å². The van der Waals surface area contributed by atoms with Crippen LogP contribution >= 0.6 is 27.5 Å². The van der Waals surface area contributed by atoms with E-state index in [-0.39, 0.29) is 12.5 Å². The molecule has 0 saturated heterocycles. The summed E-state index contributed by atoms with van der Waals surface area (Å²) in [6.45, 7) is 0.843. The molecule has 2 rings (SSSR count). The number of hydrogen-bond donors (Lipinski definition) is 1. The van der Waals surface area contributed by atoms with E-state index in [0.717, 1.165) is 17.3 Å². The maximum Gasteiger partial charge on any atom is 0.344 e. The van der Waals surface area contributed by atoms with Crippen molar-refractivity contribution in [1.29, 1.82) is 5.26 Å². The molecule has 0 spiro atoms. The van der Waals surface area contributed by atoms with E-state index >= 15 is 0 Å². The Morgan fingerprint density at radius 2 is 2.17 bits per heavy atom. The third kappa shape index (κ3) is 5.11. The van der Waals surface area contributed by atoms with Crippen LogP contribution in [-0.2, 0) is 14.3 Å². The summed E-state index contributed by atoms with van der Waals surface area (Å²) in [5, 5.41) is 12.1. The van der Waals surface area contributed by atoms with Gasteiger partial charge in [-0.15, -0.1) is 0 Å². The fraction of sp³-hybridized carbons (Fsp3) is 0.438. The highest BCUT2D eigenvalue weighted by molar-refractivity contribution is 9.10. The van der Waals surface area contributed by atoms with E-state index in [4.69, 9.17) is 26.3 Å². The monoisotopic (exact) mass is 414 g/mol. The third-order valence-corrected chi connectivity index (χ3v) is 4.42. The van der Waals surface area contributed by atoms with Crippen LogP contribution < -0.4 is 10.1 Å². The second-order valence-electron chi connectivity index (χ2n) is 5.66. The van der Waals surface area contributed by atoms with E-state index in [9.17, 15) is 9.59 Å². The molecule has 1 aliphatic carbocycles. The number of nitrogens with zero attached hydrogens (tertiary/aromatic N) is 1.